The van der Waals surface area contributed by atoms with E-state index in [2.05, 4.69) is 20.5 Å². The number of aromatic nitrogens is 1. The van der Waals surface area contributed by atoms with Gasteiger partial charge in [0.25, 0.3) is 5.91 Å². The van der Waals surface area contributed by atoms with E-state index in [4.69, 9.17) is 18.2 Å². The summed E-state index contributed by atoms with van der Waals surface area (Å²) in [6.45, 7) is 7.12. The lowest BCUT2D eigenvalue weighted by molar-refractivity contribution is 0.0964. The molecule has 2 aromatic rings. The Morgan fingerprint density at radius 2 is 2.10 bits per heavy atom. The number of hydrogen-bond acceptors (Lipinski definition) is 3. The van der Waals surface area contributed by atoms with E-state index in [9.17, 15) is 4.79 Å². The van der Waals surface area contributed by atoms with Gasteiger partial charge in [-0.1, -0.05) is 23.7 Å². The first kappa shape index (κ1) is 13.8. The summed E-state index contributed by atoms with van der Waals surface area (Å²) in [6, 6.07) is 8.57. The maximum atomic E-state index is 11.8. The Hall–Kier alpha value is -2.58. The Morgan fingerprint density at radius 1 is 1.35 bits per heavy atom. The molecule has 0 bridgehead atoms. The molecule has 1 aromatic carbocycles. The Bertz CT molecular complexity index is 694. The van der Waals surface area contributed by atoms with Crippen molar-refractivity contribution in [2.45, 2.75) is 0 Å². The second-order valence-electron chi connectivity index (χ2n) is 3.89. The third-order valence-corrected chi connectivity index (χ3v) is 2.84. The van der Waals surface area contributed by atoms with Gasteiger partial charge in [-0.3, -0.25) is 9.78 Å². The molecule has 0 spiro atoms. The molecule has 1 heterocycles. The van der Waals surface area contributed by atoms with Crippen LogP contribution in [0.15, 0.2) is 36.5 Å². The van der Waals surface area contributed by atoms with Crippen LogP contribution in [-0.2, 0) is 0 Å². The fourth-order valence-electron chi connectivity index (χ4n) is 1.68. The minimum atomic E-state index is -0.211. The molecule has 6 heteroatoms. The predicted molar refractivity (Wildman–Crippen MR) is 78.6 cm³/mol. The number of para-hydroxylation sites is 1. The van der Waals surface area contributed by atoms with E-state index >= 15 is 0 Å². The Labute approximate surface area is 121 Å². The smallest absolute Gasteiger partial charge is 0.253 e. The Morgan fingerprint density at radius 3 is 2.80 bits per heavy atom. The standard InChI is InChI=1S/C14H11ClN4O/c1-16-12-8-18-13(15)7-11(12)19-10-6-4-3-5-9(10)14(20)17-2/h3-8H,2H3,(H,17,20)(H,18,19). The van der Waals surface area contributed by atoms with E-state index in [0.29, 0.717) is 22.6 Å². The normalized spacial score (nSPS) is 9.65. The van der Waals surface area contributed by atoms with Crippen LogP contribution in [0, 0.1) is 6.57 Å². The molecule has 0 saturated heterocycles. The maximum Gasteiger partial charge on any atom is 0.253 e. The molecule has 0 aliphatic carbocycles. The molecule has 2 rings (SSSR count). The number of benzene rings is 1. The van der Waals surface area contributed by atoms with Crippen molar-refractivity contribution in [3.63, 3.8) is 0 Å². The highest BCUT2D eigenvalue weighted by Crippen LogP contribution is 2.30. The molecule has 0 aliphatic rings. The lowest BCUT2D eigenvalue weighted by atomic mass is 10.1. The number of rotatable bonds is 3. The number of amides is 1. The molecule has 5 nitrogen and oxygen atoms in total. The minimum Gasteiger partial charge on any atom is -0.364 e. The van der Waals surface area contributed by atoms with Crippen LogP contribution >= 0.6 is 11.6 Å². The summed E-state index contributed by atoms with van der Waals surface area (Å²) >= 11 is 5.84. The van der Waals surface area contributed by atoms with E-state index in [1.54, 1.807) is 37.4 Å². The van der Waals surface area contributed by atoms with Crippen molar-refractivity contribution >= 4 is 34.6 Å². The summed E-state index contributed by atoms with van der Waals surface area (Å²) in [7, 11) is 1.56. The van der Waals surface area contributed by atoms with Crippen LogP contribution in [0.1, 0.15) is 10.4 Å². The van der Waals surface area contributed by atoms with E-state index in [0.717, 1.165) is 0 Å². The second-order valence-corrected chi connectivity index (χ2v) is 4.27. The van der Waals surface area contributed by atoms with Crippen LogP contribution in [0.2, 0.25) is 5.15 Å². The Kier molecular flexibility index (Phi) is 4.18. The highest BCUT2D eigenvalue weighted by atomic mass is 35.5. The number of halogens is 1. The topological polar surface area (TPSA) is 58.4 Å². The molecule has 20 heavy (non-hydrogen) atoms. The molecule has 0 aliphatic heterocycles. The monoisotopic (exact) mass is 286 g/mol. The van der Waals surface area contributed by atoms with Gasteiger partial charge in [0, 0.05) is 18.9 Å². The molecule has 1 amide bonds. The quantitative estimate of drug-likeness (QED) is 0.672. The molecule has 0 unspecified atom stereocenters. The molecule has 1 aromatic heterocycles. The summed E-state index contributed by atoms with van der Waals surface area (Å²) < 4.78 is 0. The van der Waals surface area contributed by atoms with Gasteiger partial charge in [-0.25, -0.2) is 4.85 Å². The summed E-state index contributed by atoms with van der Waals surface area (Å²) in [5.74, 6) is -0.211. The number of pyridine rings is 1. The minimum absolute atomic E-state index is 0.211. The van der Waals surface area contributed by atoms with Crippen LogP contribution in [0.4, 0.5) is 17.1 Å². The van der Waals surface area contributed by atoms with Gasteiger partial charge < -0.3 is 10.6 Å². The van der Waals surface area contributed by atoms with Gasteiger partial charge in [0.2, 0.25) is 5.69 Å². The van der Waals surface area contributed by atoms with Crippen molar-refractivity contribution in [2.24, 2.45) is 0 Å². The highest BCUT2D eigenvalue weighted by Gasteiger charge is 2.11. The van der Waals surface area contributed by atoms with Crippen LogP contribution in [-0.4, -0.2) is 17.9 Å². The van der Waals surface area contributed by atoms with Crippen LogP contribution < -0.4 is 10.6 Å². The van der Waals surface area contributed by atoms with E-state index in [1.807, 2.05) is 0 Å². The van der Waals surface area contributed by atoms with Gasteiger partial charge in [-0.15, -0.1) is 0 Å². The van der Waals surface area contributed by atoms with Crippen molar-refractivity contribution in [3.05, 3.63) is 58.7 Å². The molecule has 0 saturated carbocycles. The molecule has 0 atom stereocenters. The molecule has 0 radical (unpaired) electrons. The van der Waals surface area contributed by atoms with Crippen LogP contribution in [0.25, 0.3) is 4.85 Å². The van der Waals surface area contributed by atoms with E-state index in [1.165, 1.54) is 6.20 Å². The molecule has 0 fully saturated rings. The molecule has 2 N–H and O–H groups in total. The first-order valence-electron chi connectivity index (χ1n) is 5.77. The van der Waals surface area contributed by atoms with Gasteiger partial charge in [0.05, 0.1) is 17.8 Å². The summed E-state index contributed by atoms with van der Waals surface area (Å²) in [4.78, 5) is 19.0. The molecular weight excluding hydrogens is 276 g/mol. The second kappa shape index (κ2) is 6.04. The fourth-order valence-corrected chi connectivity index (χ4v) is 1.84. The van der Waals surface area contributed by atoms with Gasteiger partial charge in [-0.05, 0) is 18.2 Å². The number of anilines is 2. The van der Waals surface area contributed by atoms with E-state index in [-0.39, 0.29) is 11.1 Å². The van der Waals surface area contributed by atoms with Crippen molar-refractivity contribution < 1.29 is 4.79 Å². The summed E-state index contributed by atoms with van der Waals surface area (Å²) in [5, 5.41) is 5.89. The third-order valence-electron chi connectivity index (χ3n) is 2.64. The maximum absolute atomic E-state index is 11.8. The van der Waals surface area contributed by atoms with Gasteiger partial charge in [0.1, 0.15) is 5.15 Å². The number of nitrogens with zero attached hydrogens (tertiary/aromatic N) is 2. The van der Waals surface area contributed by atoms with Crippen LogP contribution in [0.5, 0.6) is 0 Å². The first-order chi connectivity index (χ1) is 9.65. The Balaban J connectivity index is 2.43. The summed E-state index contributed by atoms with van der Waals surface area (Å²) in [6.07, 6.45) is 1.39. The van der Waals surface area contributed by atoms with Gasteiger partial charge >= 0.3 is 0 Å². The lowest BCUT2D eigenvalue weighted by Crippen LogP contribution is -2.19. The summed E-state index contributed by atoms with van der Waals surface area (Å²) in [5.41, 5.74) is 1.93. The van der Waals surface area contributed by atoms with Crippen LogP contribution in [0.3, 0.4) is 0 Å². The van der Waals surface area contributed by atoms with Gasteiger partial charge in [0.15, 0.2) is 0 Å². The van der Waals surface area contributed by atoms with Crippen molar-refractivity contribution in [2.75, 3.05) is 12.4 Å². The fraction of sp³-hybridized carbons (Fsp3) is 0.0714. The predicted octanol–water partition coefficient (Wildman–Crippen LogP) is 3.39. The number of carbonyl (C=O) groups is 1. The molecule has 100 valence electrons. The van der Waals surface area contributed by atoms with Crippen molar-refractivity contribution in [1.29, 1.82) is 0 Å². The lowest BCUT2D eigenvalue weighted by Gasteiger charge is -2.12. The van der Waals surface area contributed by atoms with Crippen molar-refractivity contribution in [1.82, 2.24) is 10.3 Å². The zero-order chi connectivity index (χ0) is 14.5. The average Bonchev–Trinajstić information content (AvgIpc) is 2.47. The third kappa shape index (κ3) is 2.87. The number of nitrogens with one attached hydrogen (secondary N) is 2. The van der Waals surface area contributed by atoms with Crippen molar-refractivity contribution in [3.8, 4) is 0 Å². The van der Waals surface area contributed by atoms with E-state index < -0.39 is 0 Å². The largest absolute Gasteiger partial charge is 0.364 e. The highest BCUT2D eigenvalue weighted by molar-refractivity contribution is 6.29. The number of carbonyl (C=O) groups excluding carboxylic acids is 1. The average molecular weight is 287 g/mol. The van der Waals surface area contributed by atoms with Gasteiger partial charge in [-0.2, -0.15) is 0 Å². The zero-order valence-electron chi connectivity index (χ0n) is 10.6. The first-order valence-corrected chi connectivity index (χ1v) is 6.14. The SMILES string of the molecule is [C-]#[N+]c1cnc(Cl)cc1Nc1ccccc1C(=O)NC. The molecular formula is C14H11ClN4O. The number of hydrogen-bond donors (Lipinski definition) is 2. The zero-order valence-corrected chi connectivity index (χ0v) is 11.4.